The molecule has 4 atom stereocenters. The summed E-state index contributed by atoms with van der Waals surface area (Å²) < 4.78 is 27.9. The van der Waals surface area contributed by atoms with Gasteiger partial charge in [-0.05, 0) is 62.8 Å². The molecule has 2 aromatic carbocycles. The molecule has 1 aromatic heterocycles. The first-order valence-electron chi connectivity index (χ1n) is 12.7. The van der Waals surface area contributed by atoms with Gasteiger partial charge in [0.2, 0.25) is 0 Å². The average Bonchev–Trinajstić information content (AvgIpc) is 3.25. The molecule has 35 heavy (non-hydrogen) atoms. The van der Waals surface area contributed by atoms with Gasteiger partial charge in [-0.1, -0.05) is 19.8 Å². The first-order valence-corrected chi connectivity index (χ1v) is 12.7. The number of imidazole rings is 1. The molecule has 0 bridgehead atoms. The van der Waals surface area contributed by atoms with E-state index in [2.05, 4.69) is 42.5 Å². The van der Waals surface area contributed by atoms with Crippen LogP contribution >= 0.6 is 0 Å². The summed E-state index contributed by atoms with van der Waals surface area (Å²) in [6, 6.07) is 7.85. The summed E-state index contributed by atoms with van der Waals surface area (Å²) in [5.41, 5.74) is 4.66. The Morgan fingerprint density at radius 3 is 2.60 bits per heavy atom. The van der Waals surface area contributed by atoms with Gasteiger partial charge in [-0.3, -0.25) is 0 Å². The van der Waals surface area contributed by atoms with E-state index in [1.165, 1.54) is 44.0 Å². The van der Waals surface area contributed by atoms with Gasteiger partial charge in [-0.15, -0.1) is 0 Å². The molecule has 2 heterocycles. The van der Waals surface area contributed by atoms with Crippen LogP contribution in [0.15, 0.2) is 24.3 Å². The van der Waals surface area contributed by atoms with Crippen LogP contribution in [0.5, 0.6) is 11.5 Å². The first kappa shape index (κ1) is 23.9. The van der Waals surface area contributed by atoms with Crippen LogP contribution in [0.4, 0.5) is 10.1 Å². The standard InChI is InChI=1S/C28H36FN3O3/c1-16-7-6-8-18(15-16)32-22-13-12-21-19(10-9-17(2)31(21)3)25(22)30-28(32)26(33)24-23(34-4)14-11-20(29)27(24)35-5/h11-14,16-18,26,33H,6-10,15H2,1-5H3. The van der Waals surface area contributed by atoms with Crippen molar-refractivity contribution < 1.29 is 19.0 Å². The number of aryl methyl sites for hydroxylation is 1. The molecule has 1 N–H and O–H groups in total. The van der Waals surface area contributed by atoms with Gasteiger partial charge in [0.1, 0.15) is 17.7 Å². The van der Waals surface area contributed by atoms with Gasteiger partial charge in [0.05, 0.1) is 30.8 Å². The van der Waals surface area contributed by atoms with Gasteiger partial charge in [0.25, 0.3) is 0 Å². The number of aliphatic hydroxyl groups is 1. The average molecular weight is 482 g/mol. The Hall–Kier alpha value is -2.80. The molecule has 0 spiro atoms. The second kappa shape index (κ2) is 9.34. The summed E-state index contributed by atoms with van der Waals surface area (Å²) >= 11 is 0. The Balaban J connectivity index is 1.75. The van der Waals surface area contributed by atoms with E-state index in [1.54, 1.807) is 0 Å². The van der Waals surface area contributed by atoms with Crippen molar-refractivity contribution >= 4 is 16.7 Å². The monoisotopic (exact) mass is 481 g/mol. The molecule has 6 nitrogen and oxygen atoms in total. The van der Waals surface area contributed by atoms with Crippen molar-refractivity contribution in [3.63, 3.8) is 0 Å². The van der Waals surface area contributed by atoms with Crippen LogP contribution in [0, 0.1) is 11.7 Å². The highest BCUT2D eigenvalue weighted by Crippen LogP contribution is 2.44. The normalized spacial score (nSPS) is 23.3. The molecule has 1 saturated carbocycles. The Labute approximate surface area is 206 Å². The van der Waals surface area contributed by atoms with Gasteiger partial charge in [-0.25, -0.2) is 9.37 Å². The van der Waals surface area contributed by atoms with Crippen molar-refractivity contribution in [2.45, 2.75) is 70.6 Å². The van der Waals surface area contributed by atoms with Crippen molar-refractivity contribution in [2.24, 2.45) is 5.92 Å². The second-order valence-electron chi connectivity index (χ2n) is 10.3. The molecule has 1 aliphatic carbocycles. The van der Waals surface area contributed by atoms with Gasteiger partial charge in [0.15, 0.2) is 11.6 Å². The topological polar surface area (TPSA) is 59.8 Å². The third-order valence-corrected chi connectivity index (χ3v) is 8.15. The van der Waals surface area contributed by atoms with E-state index in [1.807, 2.05) is 0 Å². The Bertz CT molecular complexity index is 1240. The summed E-state index contributed by atoms with van der Waals surface area (Å²) in [6.07, 6.45) is 5.20. The summed E-state index contributed by atoms with van der Waals surface area (Å²) in [6.45, 7) is 4.53. The molecular formula is C28H36FN3O3. The number of hydrogen-bond donors (Lipinski definition) is 1. The Morgan fingerprint density at radius 1 is 1.09 bits per heavy atom. The van der Waals surface area contributed by atoms with E-state index >= 15 is 0 Å². The third kappa shape index (κ3) is 3.94. The fraction of sp³-hybridized carbons (Fsp3) is 0.536. The van der Waals surface area contributed by atoms with E-state index in [9.17, 15) is 9.50 Å². The molecule has 1 aliphatic heterocycles. The molecule has 5 rings (SSSR count). The van der Waals surface area contributed by atoms with Crippen LogP contribution in [-0.2, 0) is 6.42 Å². The summed E-state index contributed by atoms with van der Waals surface area (Å²) in [5, 5.41) is 11.8. The van der Waals surface area contributed by atoms with E-state index in [-0.39, 0.29) is 17.4 Å². The zero-order valence-electron chi connectivity index (χ0n) is 21.3. The number of benzene rings is 2. The summed E-state index contributed by atoms with van der Waals surface area (Å²) in [4.78, 5) is 7.41. The molecule has 4 unspecified atom stereocenters. The molecule has 7 heteroatoms. The minimum absolute atomic E-state index is 0.0111. The van der Waals surface area contributed by atoms with Crippen molar-refractivity contribution in [2.75, 3.05) is 26.2 Å². The van der Waals surface area contributed by atoms with E-state index in [0.717, 1.165) is 43.1 Å². The van der Waals surface area contributed by atoms with Crippen molar-refractivity contribution in [3.8, 4) is 11.5 Å². The van der Waals surface area contributed by atoms with Crippen LogP contribution in [0.1, 0.15) is 75.0 Å². The maximum Gasteiger partial charge on any atom is 0.165 e. The lowest BCUT2D eigenvalue weighted by Crippen LogP contribution is -2.33. The molecule has 3 aromatic rings. The molecule has 0 radical (unpaired) electrons. The molecule has 188 valence electrons. The number of rotatable bonds is 5. The van der Waals surface area contributed by atoms with Crippen LogP contribution in [0.3, 0.4) is 0 Å². The van der Waals surface area contributed by atoms with Gasteiger partial charge in [0, 0.05) is 30.4 Å². The van der Waals surface area contributed by atoms with Crippen molar-refractivity contribution in [1.82, 2.24) is 9.55 Å². The van der Waals surface area contributed by atoms with Crippen molar-refractivity contribution in [3.05, 3.63) is 47.0 Å². The highest BCUT2D eigenvalue weighted by atomic mass is 19.1. The number of methoxy groups -OCH3 is 2. The first-order chi connectivity index (χ1) is 16.8. The minimum Gasteiger partial charge on any atom is -0.496 e. The van der Waals surface area contributed by atoms with Crippen LogP contribution < -0.4 is 14.4 Å². The zero-order chi connectivity index (χ0) is 24.9. The maximum atomic E-state index is 14.7. The van der Waals surface area contributed by atoms with Gasteiger partial charge < -0.3 is 24.0 Å². The molecule has 1 fully saturated rings. The van der Waals surface area contributed by atoms with E-state index in [0.29, 0.717) is 23.5 Å². The smallest absolute Gasteiger partial charge is 0.165 e. The Morgan fingerprint density at radius 2 is 1.89 bits per heavy atom. The fourth-order valence-electron chi connectivity index (χ4n) is 6.13. The minimum atomic E-state index is -1.20. The molecule has 0 amide bonds. The van der Waals surface area contributed by atoms with Crippen LogP contribution in [0.25, 0.3) is 11.0 Å². The number of aliphatic hydroxyl groups excluding tert-OH is 1. The number of hydrogen-bond acceptors (Lipinski definition) is 5. The molecule has 0 saturated heterocycles. The van der Waals surface area contributed by atoms with Crippen LogP contribution in [0.2, 0.25) is 0 Å². The van der Waals surface area contributed by atoms with Gasteiger partial charge >= 0.3 is 0 Å². The predicted octanol–water partition coefficient (Wildman–Crippen LogP) is 5.80. The lowest BCUT2D eigenvalue weighted by Gasteiger charge is -2.34. The number of halogens is 1. The van der Waals surface area contributed by atoms with Crippen LogP contribution in [-0.4, -0.2) is 42.0 Å². The predicted molar refractivity (Wildman–Crippen MR) is 136 cm³/mol. The highest BCUT2D eigenvalue weighted by molar-refractivity contribution is 5.86. The highest BCUT2D eigenvalue weighted by Gasteiger charge is 2.33. The lowest BCUT2D eigenvalue weighted by atomic mass is 9.86. The quantitative estimate of drug-likeness (QED) is 0.499. The summed E-state index contributed by atoms with van der Waals surface area (Å²) in [7, 11) is 5.06. The van der Waals surface area contributed by atoms with E-state index in [4.69, 9.17) is 14.5 Å². The number of fused-ring (bicyclic) bond motifs is 3. The number of ether oxygens (including phenoxy) is 2. The lowest BCUT2D eigenvalue weighted by molar-refractivity contribution is 0.183. The number of anilines is 1. The number of nitrogens with zero attached hydrogens (tertiary/aromatic N) is 3. The van der Waals surface area contributed by atoms with Crippen molar-refractivity contribution in [1.29, 1.82) is 0 Å². The maximum absolute atomic E-state index is 14.7. The second-order valence-corrected chi connectivity index (χ2v) is 10.3. The third-order valence-electron chi connectivity index (χ3n) is 8.15. The summed E-state index contributed by atoms with van der Waals surface area (Å²) in [5.74, 6) is 0.948. The van der Waals surface area contributed by atoms with E-state index < -0.39 is 11.9 Å². The fourth-order valence-corrected chi connectivity index (χ4v) is 6.13. The Kier molecular flexibility index (Phi) is 6.38. The van der Waals surface area contributed by atoms with Gasteiger partial charge in [-0.2, -0.15) is 0 Å². The molecule has 2 aliphatic rings. The largest absolute Gasteiger partial charge is 0.496 e. The molecular weight excluding hydrogens is 445 g/mol. The SMILES string of the molecule is COc1ccc(F)c(OC)c1C(O)c1nc2c3c(ccc2n1C1CCCC(C)C1)N(C)C(C)CC3. The zero-order valence-corrected chi connectivity index (χ0v) is 21.3. The number of aromatic nitrogens is 2.